The summed E-state index contributed by atoms with van der Waals surface area (Å²) in [6.45, 7) is 0. The van der Waals surface area contributed by atoms with E-state index in [4.69, 9.17) is 14.3 Å². The molecule has 0 radical (unpaired) electrons. The number of anilines is 1. The van der Waals surface area contributed by atoms with Crippen LogP contribution < -0.4 is 14.4 Å². The number of amides is 2. The topological polar surface area (TPSA) is 77.4 Å². The molecule has 2 saturated carbocycles. The second kappa shape index (κ2) is 7.47. The van der Waals surface area contributed by atoms with Gasteiger partial charge in [0.2, 0.25) is 11.8 Å². The van der Waals surface area contributed by atoms with Crippen molar-refractivity contribution in [3.05, 3.63) is 53.6 Å². The van der Waals surface area contributed by atoms with Crippen LogP contribution in [0.2, 0.25) is 0 Å². The molecule has 6 atom stereocenters. The van der Waals surface area contributed by atoms with Crippen molar-refractivity contribution in [2.24, 2.45) is 34.7 Å². The third-order valence-corrected chi connectivity index (χ3v) is 7.80. The normalized spacial score (nSPS) is 30.8. The SMILES string of the molecule is COc1ccc(C2=NOC3C4CC(C23)C2C(=O)N(c3cccc(C(F)(F)F)c3)C(=O)C42)cc1OC. The number of hydrogen-bond donors (Lipinski definition) is 0. The Morgan fingerprint density at radius 3 is 2.34 bits per heavy atom. The van der Waals surface area contributed by atoms with Gasteiger partial charge in [0, 0.05) is 17.4 Å². The van der Waals surface area contributed by atoms with Gasteiger partial charge in [0.1, 0.15) is 6.10 Å². The van der Waals surface area contributed by atoms with Crippen LogP contribution in [0.15, 0.2) is 47.6 Å². The fraction of sp³-hybridized carbons (Fsp3) is 0.400. The van der Waals surface area contributed by atoms with Gasteiger partial charge in [-0.05, 0) is 48.7 Å². The number of nitrogens with zero attached hydrogens (tertiary/aromatic N) is 2. The zero-order chi connectivity index (χ0) is 24.6. The van der Waals surface area contributed by atoms with E-state index in [-0.39, 0.29) is 29.5 Å². The Kier molecular flexibility index (Phi) is 4.68. The fourth-order valence-electron chi connectivity index (χ4n) is 6.44. The van der Waals surface area contributed by atoms with Gasteiger partial charge in [0.25, 0.3) is 0 Å². The molecule has 10 heteroatoms. The lowest BCUT2D eigenvalue weighted by molar-refractivity contribution is -0.137. The quantitative estimate of drug-likeness (QED) is 0.613. The van der Waals surface area contributed by atoms with Crippen LogP contribution in [0.4, 0.5) is 18.9 Å². The molecule has 35 heavy (non-hydrogen) atoms. The fourth-order valence-corrected chi connectivity index (χ4v) is 6.44. The number of oxime groups is 1. The summed E-state index contributed by atoms with van der Waals surface area (Å²) in [6.07, 6.45) is -4.31. The van der Waals surface area contributed by atoms with E-state index in [0.29, 0.717) is 23.6 Å². The predicted molar refractivity (Wildman–Crippen MR) is 117 cm³/mol. The molecular weight excluding hydrogens is 465 g/mol. The standard InChI is InChI=1S/C25H21F3N2O5/c1-33-16-7-6-11(8-17(16)34-2)21-20-14-10-15(22(20)35-29-21)19-18(14)23(31)30(24(19)32)13-5-3-4-12(9-13)25(26,27)28/h3-9,14-15,18-20,22H,10H2,1-2H3. The van der Waals surface area contributed by atoms with Crippen LogP contribution in [0.3, 0.4) is 0 Å². The Labute approximate surface area is 198 Å². The van der Waals surface area contributed by atoms with Crippen molar-refractivity contribution >= 4 is 23.2 Å². The first-order valence-electron chi connectivity index (χ1n) is 11.3. The van der Waals surface area contributed by atoms with Crippen LogP contribution >= 0.6 is 0 Å². The van der Waals surface area contributed by atoms with Crippen molar-refractivity contribution < 1.29 is 37.1 Å². The van der Waals surface area contributed by atoms with Gasteiger partial charge in [-0.1, -0.05) is 11.2 Å². The largest absolute Gasteiger partial charge is 0.493 e. The zero-order valence-electron chi connectivity index (χ0n) is 18.8. The summed E-state index contributed by atoms with van der Waals surface area (Å²) in [6, 6.07) is 9.74. The molecule has 1 saturated heterocycles. The van der Waals surface area contributed by atoms with E-state index in [1.165, 1.54) is 19.2 Å². The van der Waals surface area contributed by atoms with E-state index in [1.54, 1.807) is 19.2 Å². The maximum Gasteiger partial charge on any atom is 0.416 e. The molecule has 6 unspecified atom stereocenters. The van der Waals surface area contributed by atoms with Crippen LogP contribution in [0, 0.1) is 29.6 Å². The summed E-state index contributed by atoms with van der Waals surface area (Å²) in [5, 5.41) is 4.31. The summed E-state index contributed by atoms with van der Waals surface area (Å²) < 4.78 is 50.4. The second-order valence-electron chi connectivity index (χ2n) is 9.32. The number of halogens is 3. The van der Waals surface area contributed by atoms with Crippen molar-refractivity contribution in [2.75, 3.05) is 19.1 Å². The van der Waals surface area contributed by atoms with Crippen LogP contribution in [-0.4, -0.2) is 37.8 Å². The summed E-state index contributed by atoms with van der Waals surface area (Å²) in [5.41, 5.74) is 0.493. The number of carbonyl (C=O) groups excluding carboxylic acids is 2. The molecule has 2 bridgehead atoms. The highest BCUT2D eigenvalue weighted by molar-refractivity contribution is 6.23. The maximum absolute atomic E-state index is 13.5. The van der Waals surface area contributed by atoms with Crippen molar-refractivity contribution in [3.8, 4) is 11.5 Å². The average molecular weight is 486 g/mol. The molecule has 2 amide bonds. The molecule has 2 aliphatic carbocycles. The third-order valence-electron chi connectivity index (χ3n) is 7.80. The number of hydrogen-bond acceptors (Lipinski definition) is 6. The minimum Gasteiger partial charge on any atom is -0.493 e. The molecule has 2 aromatic carbocycles. The highest BCUT2D eigenvalue weighted by atomic mass is 19.4. The molecule has 2 aliphatic heterocycles. The van der Waals surface area contributed by atoms with Crippen LogP contribution in [0.5, 0.6) is 11.5 Å². The molecule has 0 spiro atoms. The number of benzene rings is 2. The van der Waals surface area contributed by atoms with Gasteiger partial charge in [-0.2, -0.15) is 13.2 Å². The Hall–Kier alpha value is -3.56. The van der Waals surface area contributed by atoms with Gasteiger partial charge in [0.05, 0.1) is 43.0 Å². The van der Waals surface area contributed by atoms with E-state index in [9.17, 15) is 22.8 Å². The van der Waals surface area contributed by atoms with Crippen LogP contribution in [0.25, 0.3) is 0 Å². The lowest BCUT2D eigenvalue weighted by atomic mass is 9.71. The van der Waals surface area contributed by atoms with Gasteiger partial charge in [0.15, 0.2) is 11.5 Å². The summed E-state index contributed by atoms with van der Waals surface area (Å²) in [5.74, 6) is -1.69. The molecule has 2 aromatic rings. The number of fused-ring (bicyclic) bond motifs is 8. The molecule has 7 nitrogen and oxygen atoms in total. The highest BCUT2D eigenvalue weighted by Gasteiger charge is 2.70. The molecule has 3 fully saturated rings. The number of ether oxygens (including phenoxy) is 2. The van der Waals surface area contributed by atoms with Crippen LogP contribution in [0.1, 0.15) is 17.5 Å². The molecule has 182 valence electrons. The van der Waals surface area contributed by atoms with E-state index in [2.05, 4.69) is 5.16 Å². The lowest BCUT2D eigenvalue weighted by Crippen LogP contribution is -2.41. The van der Waals surface area contributed by atoms with E-state index in [1.807, 2.05) is 6.07 Å². The molecule has 0 aromatic heterocycles. The van der Waals surface area contributed by atoms with Crippen molar-refractivity contribution in [3.63, 3.8) is 0 Å². The Morgan fingerprint density at radius 2 is 1.66 bits per heavy atom. The first-order chi connectivity index (χ1) is 16.7. The zero-order valence-corrected chi connectivity index (χ0v) is 18.8. The van der Waals surface area contributed by atoms with E-state index in [0.717, 1.165) is 22.6 Å². The molecule has 6 rings (SSSR count). The summed E-state index contributed by atoms with van der Waals surface area (Å²) in [4.78, 5) is 33.5. The maximum atomic E-state index is 13.5. The number of methoxy groups -OCH3 is 2. The van der Waals surface area contributed by atoms with E-state index >= 15 is 0 Å². The van der Waals surface area contributed by atoms with E-state index < -0.39 is 35.4 Å². The average Bonchev–Trinajstić information content (AvgIpc) is 3.58. The Balaban J connectivity index is 1.32. The first kappa shape index (κ1) is 21.9. The van der Waals surface area contributed by atoms with Gasteiger partial charge in [-0.15, -0.1) is 0 Å². The highest BCUT2D eigenvalue weighted by Crippen LogP contribution is 2.62. The molecular formula is C25H21F3N2O5. The first-order valence-corrected chi connectivity index (χ1v) is 11.3. The monoisotopic (exact) mass is 486 g/mol. The van der Waals surface area contributed by atoms with Gasteiger partial charge < -0.3 is 14.3 Å². The van der Waals surface area contributed by atoms with Crippen molar-refractivity contribution in [1.29, 1.82) is 0 Å². The molecule has 4 aliphatic rings. The summed E-state index contributed by atoms with van der Waals surface area (Å²) in [7, 11) is 3.07. The Bertz CT molecular complexity index is 1280. The molecule has 2 heterocycles. The Morgan fingerprint density at radius 1 is 0.943 bits per heavy atom. The third kappa shape index (κ3) is 3.01. The number of alkyl halides is 3. The number of rotatable bonds is 4. The van der Waals surface area contributed by atoms with Gasteiger partial charge in [-0.25, -0.2) is 0 Å². The van der Waals surface area contributed by atoms with Gasteiger partial charge >= 0.3 is 6.18 Å². The smallest absolute Gasteiger partial charge is 0.416 e. The minimum atomic E-state index is -4.58. The van der Waals surface area contributed by atoms with Gasteiger partial charge in [-0.3, -0.25) is 14.5 Å². The predicted octanol–water partition coefficient (Wildman–Crippen LogP) is 3.90. The number of carbonyl (C=O) groups is 2. The van der Waals surface area contributed by atoms with Crippen molar-refractivity contribution in [1.82, 2.24) is 0 Å². The lowest BCUT2D eigenvalue weighted by Gasteiger charge is -2.29. The number of imide groups is 1. The summed E-state index contributed by atoms with van der Waals surface area (Å²) >= 11 is 0. The minimum absolute atomic E-state index is 0.0523. The molecule has 0 N–H and O–H groups in total. The van der Waals surface area contributed by atoms with Crippen LogP contribution in [-0.2, 0) is 20.6 Å². The second-order valence-corrected chi connectivity index (χ2v) is 9.32. The van der Waals surface area contributed by atoms with Crippen molar-refractivity contribution in [2.45, 2.75) is 18.7 Å².